The first-order chi connectivity index (χ1) is 14.4. The van der Waals surface area contributed by atoms with Crippen molar-refractivity contribution in [1.82, 2.24) is 0 Å². The van der Waals surface area contributed by atoms with E-state index in [0.717, 1.165) is 0 Å². The third-order valence-electron chi connectivity index (χ3n) is 7.11. The van der Waals surface area contributed by atoms with Gasteiger partial charge in [-0.15, -0.1) is 0 Å². The Morgan fingerprint density at radius 3 is 2.13 bits per heavy atom. The summed E-state index contributed by atoms with van der Waals surface area (Å²) in [5.41, 5.74) is -0.191. The number of ketones is 1. The Balaban J connectivity index is 1.91. The molecule has 0 aromatic rings. The normalized spacial score (nSPS) is 33.7. The number of Topliss-reactive ketones (excluding diaryl/α,β-unsaturated/α-hetero) is 1. The van der Waals surface area contributed by atoms with Crippen LogP contribution in [0.15, 0.2) is 23.2 Å². The highest BCUT2D eigenvalue weighted by Crippen LogP contribution is 2.49. The molecule has 3 aliphatic rings. The standard InChI is InChI=1S/C23H38O7Si/c1-12(2)31(13(3)4,14(5)6)30-18-11-17-19(29-18)16(10-15(7)28-17)23(25)21(24)20(26-8)22(23)27-9/h10,12-15,17-19,25H,11H2,1-9H3/t15-,17-,18?,19-,23?/m0/s1. The number of hydrogen-bond acceptors (Lipinski definition) is 7. The molecule has 2 heterocycles. The van der Waals surface area contributed by atoms with Gasteiger partial charge in [-0.05, 0) is 23.5 Å². The Kier molecular flexibility index (Phi) is 6.81. The summed E-state index contributed by atoms with van der Waals surface area (Å²) in [5, 5.41) is 11.4. The Morgan fingerprint density at radius 1 is 1.06 bits per heavy atom. The second-order valence-electron chi connectivity index (χ2n) is 9.77. The quantitative estimate of drug-likeness (QED) is 0.441. The Morgan fingerprint density at radius 2 is 1.65 bits per heavy atom. The zero-order valence-corrected chi connectivity index (χ0v) is 21.2. The van der Waals surface area contributed by atoms with Gasteiger partial charge in [0.15, 0.2) is 12.0 Å². The number of rotatable bonds is 8. The zero-order valence-electron chi connectivity index (χ0n) is 20.2. The molecule has 0 aromatic carbocycles. The van der Waals surface area contributed by atoms with Gasteiger partial charge in [0, 0.05) is 12.0 Å². The molecule has 5 atom stereocenters. The number of ether oxygens (including phenoxy) is 4. The molecule has 1 fully saturated rings. The molecule has 0 aromatic heterocycles. The number of fused-ring (bicyclic) bond motifs is 1. The van der Waals surface area contributed by atoms with Crippen LogP contribution < -0.4 is 0 Å². The third kappa shape index (κ3) is 3.60. The molecule has 31 heavy (non-hydrogen) atoms. The van der Waals surface area contributed by atoms with Gasteiger partial charge < -0.3 is 28.5 Å². The fraction of sp³-hybridized carbons (Fsp3) is 0.783. The second-order valence-corrected chi connectivity index (χ2v) is 15.2. The molecule has 1 N–H and O–H groups in total. The number of carbonyl (C=O) groups is 1. The van der Waals surface area contributed by atoms with Gasteiger partial charge in [-0.3, -0.25) is 4.79 Å². The van der Waals surface area contributed by atoms with Crippen molar-refractivity contribution < 1.29 is 33.3 Å². The second kappa shape index (κ2) is 8.63. The van der Waals surface area contributed by atoms with Crippen LogP contribution in [-0.4, -0.2) is 63.6 Å². The first kappa shape index (κ1) is 24.4. The van der Waals surface area contributed by atoms with E-state index in [-0.39, 0.29) is 23.7 Å². The maximum absolute atomic E-state index is 12.8. The molecule has 0 saturated carbocycles. The molecule has 1 aliphatic carbocycles. The summed E-state index contributed by atoms with van der Waals surface area (Å²) in [6, 6.07) is 0. The monoisotopic (exact) mass is 454 g/mol. The molecule has 2 aliphatic heterocycles. The fourth-order valence-corrected chi connectivity index (χ4v) is 11.3. The average Bonchev–Trinajstić information content (AvgIpc) is 3.09. The van der Waals surface area contributed by atoms with E-state index in [1.165, 1.54) is 14.2 Å². The zero-order chi connectivity index (χ0) is 23.3. The van der Waals surface area contributed by atoms with Crippen molar-refractivity contribution in [3.8, 4) is 0 Å². The minimum atomic E-state index is -2.17. The molecule has 0 amide bonds. The van der Waals surface area contributed by atoms with Crippen LogP contribution in [0.3, 0.4) is 0 Å². The van der Waals surface area contributed by atoms with Crippen molar-refractivity contribution in [3.05, 3.63) is 23.2 Å². The van der Waals surface area contributed by atoms with Gasteiger partial charge in [-0.1, -0.05) is 47.6 Å². The number of methoxy groups -OCH3 is 2. The molecule has 3 rings (SSSR count). The summed E-state index contributed by atoms with van der Waals surface area (Å²) < 4.78 is 29.7. The molecule has 1 saturated heterocycles. The highest BCUT2D eigenvalue weighted by Gasteiger charge is 2.63. The lowest BCUT2D eigenvalue weighted by molar-refractivity contribution is -0.147. The van der Waals surface area contributed by atoms with Crippen LogP contribution in [0.5, 0.6) is 0 Å². The van der Waals surface area contributed by atoms with E-state index in [2.05, 4.69) is 41.5 Å². The lowest BCUT2D eigenvalue weighted by Gasteiger charge is -2.44. The maximum Gasteiger partial charge on any atom is 0.244 e. The smallest absolute Gasteiger partial charge is 0.244 e. The van der Waals surface area contributed by atoms with Crippen molar-refractivity contribution in [1.29, 1.82) is 0 Å². The summed E-state index contributed by atoms with van der Waals surface area (Å²) >= 11 is 0. The van der Waals surface area contributed by atoms with Crippen molar-refractivity contribution in [2.24, 2.45) is 0 Å². The molecule has 7 nitrogen and oxygen atoms in total. The van der Waals surface area contributed by atoms with Crippen molar-refractivity contribution >= 4 is 14.1 Å². The number of aliphatic hydroxyl groups is 1. The van der Waals surface area contributed by atoms with Crippen molar-refractivity contribution in [3.63, 3.8) is 0 Å². The molecular weight excluding hydrogens is 416 g/mol. The van der Waals surface area contributed by atoms with E-state index >= 15 is 0 Å². The van der Waals surface area contributed by atoms with Crippen LogP contribution in [0.25, 0.3) is 0 Å². The van der Waals surface area contributed by atoms with Crippen LogP contribution in [0.2, 0.25) is 16.6 Å². The molecule has 176 valence electrons. The fourth-order valence-electron chi connectivity index (χ4n) is 5.88. The molecule has 2 unspecified atom stereocenters. The molecule has 0 bridgehead atoms. The first-order valence-corrected chi connectivity index (χ1v) is 13.4. The van der Waals surface area contributed by atoms with E-state index in [1.807, 2.05) is 6.92 Å². The van der Waals surface area contributed by atoms with E-state index in [4.69, 9.17) is 23.4 Å². The summed E-state index contributed by atoms with van der Waals surface area (Å²) in [7, 11) is 0.637. The van der Waals surface area contributed by atoms with Crippen LogP contribution >= 0.6 is 0 Å². The molecule has 0 spiro atoms. The van der Waals surface area contributed by atoms with Gasteiger partial charge in [0.25, 0.3) is 0 Å². The first-order valence-electron chi connectivity index (χ1n) is 11.3. The Labute approximate surface area is 186 Å². The predicted octanol–water partition coefficient (Wildman–Crippen LogP) is 3.83. The summed E-state index contributed by atoms with van der Waals surface area (Å²) in [5.74, 6) is -0.366. The topological polar surface area (TPSA) is 83.5 Å². The van der Waals surface area contributed by atoms with Crippen LogP contribution in [0.4, 0.5) is 0 Å². The largest absolute Gasteiger partial charge is 0.493 e. The lowest BCUT2D eigenvalue weighted by Crippen LogP contribution is -2.58. The SMILES string of the molecule is COC1=C(OC)C(O)(C2=C[C@H](C)O[C@H]3CC(O[Si](C(C)C)(C(C)C)C(C)C)O[C@@H]23)C1=O. The minimum absolute atomic E-state index is 0.0400. The number of hydrogen-bond donors (Lipinski definition) is 1. The van der Waals surface area contributed by atoms with Crippen molar-refractivity contribution in [2.45, 2.75) is 102 Å². The highest BCUT2D eigenvalue weighted by atomic mass is 28.4. The third-order valence-corrected chi connectivity index (χ3v) is 13.2. The van der Waals surface area contributed by atoms with Gasteiger partial charge in [0.1, 0.15) is 6.10 Å². The van der Waals surface area contributed by atoms with E-state index in [1.54, 1.807) is 6.08 Å². The summed E-state index contributed by atoms with van der Waals surface area (Å²) in [4.78, 5) is 12.8. The molecule has 8 heteroatoms. The van der Waals surface area contributed by atoms with Gasteiger partial charge >= 0.3 is 0 Å². The van der Waals surface area contributed by atoms with E-state index in [0.29, 0.717) is 28.6 Å². The van der Waals surface area contributed by atoms with Crippen LogP contribution in [0.1, 0.15) is 54.9 Å². The van der Waals surface area contributed by atoms with Crippen molar-refractivity contribution in [2.75, 3.05) is 14.2 Å². The lowest BCUT2D eigenvalue weighted by atomic mass is 9.73. The van der Waals surface area contributed by atoms with Crippen LogP contribution in [0, 0.1) is 0 Å². The van der Waals surface area contributed by atoms with E-state index < -0.39 is 32.1 Å². The minimum Gasteiger partial charge on any atom is -0.493 e. The van der Waals surface area contributed by atoms with Gasteiger partial charge in [-0.2, -0.15) is 0 Å². The average molecular weight is 455 g/mol. The Bertz CT molecular complexity index is 750. The number of carbonyl (C=O) groups excluding carboxylic acids is 1. The Hall–Kier alpha value is -1.19. The summed E-state index contributed by atoms with van der Waals surface area (Å²) in [6.07, 6.45) is 0.697. The van der Waals surface area contributed by atoms with Gasteiger partial charge in [0.2, 0.25) is 25.5 Å². The van der Waals surface area contributed by atoms with Gasteiger partial charge in [-0.25, -0.2) is 0 Å². The van der Waals surface area contributed by atoms with E-state index in [9.17, 15) is 9.90 Å². The maximum atomic E-state index is 12.8. The van der Waals surface area contributed by atoms with Gasteiger partial charge in [0.05, 0.1) is 26.4 Å². The predicted molar refractivity (Wildman–Crippen MR) is 119 cm³/mol. The molecular formula is C23H38O7Si. The van der Waals surface area contributed by atoms with Crippen LogP contribution in [-0.2, 0) is 28.2 Å². The molecule has 0 radical (unpaired) electrons. The highest BCUT2D eigenvalue weighted by molar-refractivity contribution is 6.77. The summed E-state index contributed by atoms with van der Waals surface area (Å²) in [6.45, 7) is 15.3.